The van der Waals surface area contributed by atoms with Crippen molar-refractivity contribution in [2.45, 2.75) is 96.8 Å². The minimum atomic E-state index is 0.328. The molecule has 28 heavy (non-hydrogen) atoms. The van der Waals surface area contributed by atoms with Crippen molar-refractivity contribution in [2.24, 2.45) is 17.3 Å². The van der Waals surface area contributed by atoms with Crippen molar-refractivity contribution in [3.8, 4) is 0 Å². The van der Waals surface area contributed by atoms with Gasteiger partial charge in [0.2, 0.25) is 0 Å². The molecule has 2 aliphatic heterocycles. The molecule has 152 valence electrons. The predicted molar refractivity (Wildman–Crippen MR) is 118 cm³/mol. The average Bonchev–Trinajstić information content (AvgIpc) is 3.42. The highest BCUT2D eigenvalue weighted by Gasteiger charge is 2.57. The van der Waals surface area contributed by atoms with Crippen molar-refractivity contribution in [1.82, 2.24) is 4.90 Å². The summed E-state index contributed by atoms with van der Waals surface area (Å²) < 4.78 is 0. The zero-order valence-corrected chi connectivity index (χ0v) is 18.1. The van der Waals surface area contributed by atoms with Crippen LogP contribution >= 0.6 is 0 Å². The first-order chi connectivity index (χ1) is 13.6. The minimum absolute atomic E-state index is 0.328. The third-order valence-corrected chi connectivity index (χ3v) is 8.75. The highest BCUT2D eigenvalue weighted by Crippen LogP contribution is 2.54. The normalized spacial score (nSPS) is 36.5. The van der Waals surface area contributed by atoms with Crippen molar-refractivity contribution in [3.05, 3.63) is 42.1 Å². The van der Waals surface area contributed by atoms with Crippen LogP contribution in [0.4, 0.5) is 5.69 Å². The lowest BCUT2D eigenvalue weighted by Gasteiger charge is -2.42. The first-order valence-corrected chi connectivity index (χ1v) is 11.9. The van der Waals surface area contributed by atoms with E-state index in [1.165, 1.54) is 69.0 Å². The Balaban J connectivity index is 1.55. The van der Waals surface area contributed by atoms with Gasteiger partial charge in [-0.25, -0.2) is 0 Å². The lowest BCUT2D eigenvalue weighted by atomic mass is 9.65. The Morgan fingerprint density at radius 2 is 1.61 bits per heavy atom. The summed E-state index contributed by atoms with van der Waals surface area (Å²) in [5.41, 5.74) is 3.23. The van der Waals surface area contributed by atoms with Crippen molar-refractivity contribution < 1.29 is 0 Å². The van der Waals surface area contributed by atoms with Gasteiger partial charge in [-0.3, -0.25) is 0 Å². The largest absolute Gasteiger partial charge is 0.352 e. The van der Waals surface area contributed by atoms with Gasteiger partial charge in [0.25, 0.3) is 0 Å². The number of benzene rings is 1. The van der Waals surface area contributed by atoms with E-state index in [0.717, 1.165) is 11.8 Å². The third kappa shape index (κ3) is 2.74. The number of rotatable bonds is 3. The van der Waals surface area contributed by atoms with Crippen molar-refractivity contribution in [2.75, 3.05) is 4.90 Å². The zero-order chi connectivity index (χ0) is 19.3. The van der Waals surface area contributed by atoms with Gasteiger partial charge in [-0.15, -0.1) is 0 Å². The summed E-state index contributed by atoms with van der Waals surface area (Å²) >= 11 is 0. The average molecular weight is 379 g/mol. The standard InChI is InChI=1S/C26H38N2/c1-19-11-7-10-16-23(19)28-20(2)24-26(3,22-14-5-4-6-15-22)17-18-27(24)25(28)21-12-8-9-13-21/h7,10-11,16-18,20-22,24-25H,4-6,8-9,12-15H2,1-3H3/t20-,24?,25?,26?/m0/s1. The van der Waals surface area contributed by atoms with E-state index in [2.05, 4.69) is 67.1 Å². The fourth-order valence-corrected chi connectivity index (χ4v) is 7.36. The molecule has 5 rings (SSSR count). The van der Waals surface area contributed by atoms with E-state index < -0.39 is 0 Å². The molecule has 2 heteroatoms. The molecule has 4 aliphatic rings. The van der Waals surface area contributed by atoms with E-state index in [9.17, 15) is 0 Å². The molecule has 2 nitrogen and oxygen atoms in total. The molecule has 4 atom stereocenters. The van der Waals surface area contributed by atoms with Gasteiger partial charge in [0.15, 0.2) is 0 Å². The van der Waals surface area contributed by atoms with E-state index in [1.807, 2.05) is 0 Å². The van der Waals surface area contributed by atoms with Crippen LogP contribution in [0, 0.1) is 24.2 Å². The second-order valence-corrected chi connectivity index (χ2v) is 10.3. The quantitative estimate of drug-likeness (QED) is 0.592. The van der Waals surface area contributed by atoms with E-state index in [1.54, 1.807) is 0 Å². The molecule has 0 radical (unpaired) electrons. The van der Waals surface area contributed by atoms with Crippen molar-refractivity contribution in [3.63, 3.8) is 0 Å². The fraction of sp³-hybridized carbons (Fsp3) is 0.692. The molecule has 0 aromatic heterocycles. The van der Waals surface area contributed by atoms with Crippen molar-refractivity contribution >= 4 is 5.69 Å². The summed E-state index contributed by atoms with van der Waals surface area (Å²) in [6.07, 6.45) is 18.5. The molecule has 1 aromatic rings. The van der Waals surface area contributed by atoms with Crippen LogP contribution in [0.5, 0.6) is 0 Å². The van der Waals surface area contributed by atoms with Crippen LogP contribution in [-0.4, -0.2) is 23.1 Å². The van der Waals surface area contributed by atoms with Crippen molar-refractivity contribution in [1.29, 1.82) is 0 Å². The highest BCUT2D eigenvalue weighted by atomic mass is 15.5. The molecule has 0 bridgehead atoms. The number of anilines is 1. The van der Waals surface area contributed by atoms with Gasteiger partial charge in [-0.2, -0.15) is 0 Å². The monoisotopic (exact) mass is 378 g/mol. The van der Waals surface area contributed by atoms with Gasteiger partial charge in [0, 0.05) is 17.1 Å². The Morgan fingerprint density at radius 1 is 0.929 bits per heavy atom. The molecule has 1 saturated heterocycles. The van der Waals surface area contributed by atoms with Gasteiger partial charge in [-0.05, 0) is 69.2 Å². The first-order valence-electron chi connectivity index (χ1n) is 11.9. The van der Waals surface area contributed by atoms with E-state index >= 15 is 0 Å². The Morgan fingerprint density at radius 3 is 2.32 bits per heavy atom. The maximum Gasteiger partial charge on any atom is 0.105 e. The first kappa shape index (κ1) is 18.6. The molecule has 2 heterocycles. The molecular formula is C26H38N2. The maximum atomic E-state index is 2.83. The number of para-hydroxylation sites is 1. The van der Waals surface area contributed by atoms with Crippen LogP contribution < -0.4 is 4.90 Å². The van der Waals surface area contributed by atoms with E-state index in [-0.39, 0.29) is 0 Å². The minimum Gasteiger partial charge on any atom is -0.352 e. The summed E-state index contributed by atoms with van der Waals surface area (Å²) in [6.45, 7) is 7.41. The molecule has 0 N–H and O–H groups in total. The second-order valence-electron chi connectivity index (χ2n) is 10.3. The van der Waals surface area contributed by atoms with E-state index in [0.29, 0.717) is 23.7 Å². The van der Waals surface area contributed by atoms with Gasteiger partial charge in [0.05, 0.1) is 6.04 Å². The van der Waals surface area contributed by atoms with Crippen LogP contribution in [0.2, 0.25) is 0 Å². The summed E-state index contributed by atoms with van der Waals surface area (Å²) in [5, 5.41) is 0. The fourth-order valence-electron chi connectivity index (χ4n) is 7.36. The Bertz CT molecular complexity index is 728. The smallest absolute Gasteiger partial charge is 0.105 e. The van der Waals surface area contributed by atoms with Crippen LogP contribution in [0.15, 0.2) is 36.5 Å². The molecule has 0 spiro atoms. The number of nitrogens with zero attached hydrogens (tertiary/aromatic N) is 2. The number of hydrogen-bond acceptors (Lipinski definition) is 2. The van der Waals surface area contributed by atoms with Gasteiger partial charge < -0.3 is 9.80 Å². The Kier molecular flexibility index (Phi) is 4.72. The van der Waals surface area contributed by atoms with Gasteiger partial charge >= 0.3 is 0 Å². The summed E-state index contributed by atoms with van der Waals surface area (Å²) in [6, 6.07) is 10.3. The Hall–Kier alpha value is -1.44. The molecule has 2 saturated carbocycles. The van der Waals surface area contributed by atoms with Crippen LogP contribution in [0.3, 0.4) is 0 Å². The van der Waals surface area contributed by atoms with Crippen LogP contribution in [0.1, 0.15) is 77.2 Å². The SMILES string of the molecule is Cc1ccccc1N1C(C2CCCC2)N2C=CC(C)(C3CCCCC3)C2[C@@H]1C. The number of aryl methyl sites for hydroxylation is 1. The number of fused-ring (bicyclic) bond motifs is 1. The molecule has 1 aromatic carbocycles. The number of hydrogen-bond donors (Lipinski definition) is 0. The Labute approximate surface area is 172 Å². The van der Waals surface area contributed by atoms with Gasteiger partial charge in [-0.1, -0.05) is 63.3 Å². The molecule has 3 unspecified atom stereocenters. The van der Waals surface area contributed by atoms with Gasteiger partial charge in [0.1, 0.15) is 6.17 Å². The van der Waals surface area contributed by atoms with Crippen LogP contribution in [0.25, 0.3) is 0 Å². The topological polar surface area (TPSA) is 6.48 Å². The molecule has 2 aliphatic carbocycles. The third-order valence-electron chi connectivity index (χ3n) is 8.75. The highest BCUT2D eigenvalue weighted by molar-refractivity contribution is 5.57. The predicted octanol–water partition coefficient (Wildman–Crippen LogP) is 6.50. The molecule has 0 amide bonds. The summed E-state index contributed by atoms with van der Waals surface area (Å²) in [4.78, 5) is 5.66. The zero-order valence-electron chi connectivity index (χ0n) is 18.1. The lowest BCUT2D eigenvalue weighted by molar-refractivity contribution is 0.0946. The van der Waals surface area contributed by atoms with Crippen LogP contribution in [-0.2, 0) is 0 Å². The maximum absolute atomic E-state index is 2.83. The molecule has 3 fully saturated rings. The van der Waals surface area contributed by atoms with E-state index in [4.69, 9.17) is 0 Å². The molecular weight excluding hydrogens is 340 g/mol. The summed E-state index contributed by atoms with van der Waals surface area (Å²) in [5.74, 6) is 1.67. The second kappa shape index (κ2) is 7.11. The lowest BCUT2D eigenvalue weighted by Crippen LogP contribution is -2.46. The summed E-state index contributed by atoms with van der Waals surface area (Å²) in [7, 11) is 0.